The quantitative estimate of drug-likeness (QED) is 0.272. The van der Waals surface area contributed by atoms with Gasteiger partial charge in [0.15, 0.2) is 17.3 Å². The topological polar surface area (TPSA) is 119 Å². The van der Waals surface area contributed by atoms with Crippen LogP contribution in [0.3, 0.4) is 0 Å². The van der Waals surface area contributed by atoms with E-state index < -0.39 is 5.97 Å². The summed E-state index contributed by atoms with van der Waals surface area (Å²) < 4.78 is 17.8. The van der Waals surface area contributed by atoms with Gasteiger partial charge < -0.3 is 29.5 Å². The lowest BCUT2D eigenvalue weighted by Crippen LogP contribution is -2.41. The molecule has 2 aromatic heterocycles. The Kier molecular flexibility index (Phi) is 8.01. The van der Waals surface area contributed by atoms with E-state index >= 15 is 0 Å². The van der Waals surface area contributed by atoms with Crippen molar-refractivity contribution in [1.82, 2.24) is 15.0 Å². The van der Waals surface area contributed by atoms with Gasteiger partial charge in [0, 0.05) is 12.6 Å². The van der Waals surface area contributed by atoms with Gasteiger partial charge in [0.25, 0.3) is 0 Å². The SMILES string of the molecule is CCOc1ccccc1O[C@@H]1CCCN(c2cncc(Nc3cccc(Oc4ccc(C(=O)O)cc4)n3)n2)C1. The zero-order valence-electron chi connectivity index (χ0n) is 21.5. The lowest BCUT2D eigenvalue weighted by Gasteiger charge is -2.33. The number of ether oxygens (including phenoxy) is 3. The molecule has 1 aliphatic rings. The number of rotatable bonds is 10. The van der Waals surface area contributed by atoms with Crippen molar-refractivity contribution in [1.29, 1.82) is 0 Å². The van der Waals surface area contributed by atoms with Gasteiger partial charge in [-0.3, -0.25) is 4.98 Å². The van der Waals surface area contributed by atoms with Crippen molar-refractivity contribution in [2.45, 2.75) is 25.9 Å². The van der Waals surface area contributed by atoms with Gasteiger partial charge >= 0.3 is 5.97 Å². The fourth-order valence-corrected chi connectivity index (χ4v) is 4.27. The third-order valence-corrected chi connectivity index (χ3v) is 6.07. The van der Waals surface area contributed by atoms with Crippen molar-refractivity contribution in [3.05, 3.63) is 84.7 Å². The summed E-state index contributed by atoms with van der Waals surface area (Å²) in [4.78, 5) is 26.8. The number of hydrogen-bond donors (Lipinski definition) is 2. The van der Waals surface area contributed by atoms with Crippen molar-refractivity contribution in [2.24, 2.45) is 0 Å². The van der Waals surface area contributed by atoms with E-state index in [0.29, 0.717) is 36.4 Å². The normalized spacial score (nSPS) is 14.9. The number of carboxylic acids is 1. The molecule has 10 heteroatoms. The second kappa shape index (κ2) is 12.1. The summed E-state index contributed by atoms with van der Waals surface area (Å²) >= 11 is 0. The molecule has 1 atom stereocenters. The number of carbonyl (C=O) groups is 1. The summed E-state index contributed by atoms with van der Waals surface area (Å²) in [5, 5.41) is 12.2. The average molecular weight is 528 g/mol. The maximum absolute atomic E-state index is 11.1. The Morgan fingerprint density at radius 2 is 1.82 bits per heavy atom. The van der Waals surface area contributed by atoms with Gasteiger partial charge in [0.05, 0.1) is 31.1 Å². The van der Waals surface area contributed by atoms with Crippen LogP contribution < -0.4 is 24.4 Å². The number of nitrogens with one attached hydrogen (secondary N) is 1. The van der Waals surface area contributed by atoms with Gasteiger partial charge in [-0.05, 0) is 62.2 Å². The van der Waals surface area contributed by atoms with Crippen molar-refractivity contribution in [2.75, 3.05) is 29.9 Å². The summed E-state index contributed by atoms with van der Waals surface area (Å²) in [5.74, 6) is 3.18. The summed E-state index contributed by atoms with van der Waals surface area (Å²) in [5.41, 5.74) is 0.186. The van der Waals surface area contributed by atoms with Crippen LogP contribution in [0.2, 0.25) is 0 Å². The fraction of sp³-hybridized carbons (Fsp3) is 0.241. The van der Waals surface area contributed by atoms with Crippen molar-refractivity contribution in [3.8, 4) is 23.1 Å². The first-order valence-corrected chi connectivity index (χ1v) is 12.8. The van der Waals surface area contributed by atoms with E-state index in [-0.39, 0.29) is 11.7 Å². The molecule has 3 heterocycles. The molecule has 0 unspecified atom stereocenters. The molecule has 1 saturated heterocycles. The predicted octanol–water partition coefficient (Wildman–Crippen LogP) is 5.55. The minimum atomic E-state index is -0.992. The summed E-state index contributed by atoms with van der Waals surface area (Å²) in [6.07, 6.45) is 5.29. The molecule has 1 fully saturated rings. The summed E-state index contributed by atoms with van der Waals surface area (Å²) in [7, 11) is 0. The maximum atomic E-state index is 11.1. The third-order valence-electron chi connectivity index (χ3n) is 6.07. The average Bonchev–Trinajstić information content (AvgIpc) is 2.95. The molecule has 0 amide bonds. The molecule has 0 spiro atoms. The van der Waals surface area contributed by atoms with Crippen LogP contribution in [0, 0.1) is 0 Å². The molecule has 1 aliphatic heterocycles. The highest BCUT2D eigenvalue weighted by Gasteiger charge is 2.24. The minimum absolute atomic E-state index is 0.00108. The first-order valence-electron chi connectivity index (χ1n) is 12.8. The number of piperidine rings is 1. The zero-order chi connectivity index (χ0) is 27.0. The molecule has 0 saturated carbocycles. The molecule has 200 valence electrons. The number of anilines is 3. The molecular formula is C29H29N5O5. The number of aromatic nitrogens is 3. The van der Waals surface area contributed by atoms with Crippen LogP contribution in [-0.2, 0) is 0 Å². The Balaban J connectivity index is 1.23. The molecule has 5 rings (SSSR count). The van der Waals surface area contributed by atoms with E-state index in [9.17, 15) is 4.79 Å². The van der Waals surface area contributed by atoms with E-state index in [1.165, 1.54) is 12.1 Å². The van der Waals surface area contributed by atoms with Crippen LogP contribution in [0.15, 0.2) is 79.1 Å². The highest BCUT2D eigenvalue weighted by Crippen LogP contribution is 2.30. The smallest absolute Gasteiger partial charge is 0.335 e. The molecule has 2 aromatic carbocycles. The first-order chi connectivity index (χ1) is 19.1. The van der Waals surface area contributed by atoms with Gasteiger partial charge in [-0.25, -0.2) is 9.78 Å². The van der Waals surface area contributed by atoms with Gasteiger partial charge in [0.2, 0.25) is 5.88 Å². The van der Waals surface area contributed by atoms with Crippen LogP contribution in [0.1, 0.15) is 30.1 Å². The molecule has 10 nitrogen and oxygen atoms in total. The van der Waals surface area contributed by atoms with Crippen LogP contribution in [0.4, 0.5) is 17.5 Å². The monoisotopic (exact) mass is 527 g/mol. The highest BCUT2D eigenvalue weighted by atomic mass is 16.5. The van der Waals surface area contributed by atoms with Crippen molar-refractivity contribution < 1.29 is 24.1 Å². The standard InChI is InChI=1S/C29H29N5O5/c1-2-37-23-8-3-4-9-24(23)38-22-7-6-16-34(19-22)27-18-30-17-26(32-27)31-25-10-5-11-28(33-25)39-21-14-12-20(13-15-21)29(35)36/h3-5,8-15,17-18,22H,2,6-7,16,19H2,1H3,(H,35,36)(H,31,32,33)/t22-/m1/s1. The number of carboxylic acid groups (broad SMARTS) is 1. The molecular weight excluding hydrogens is 498 g/mol. The van der Waals surface area contributed by atoms with Gasteiger partial charge in [0.1, 0.15) is 23.5 Å². The summed E-state index contributed by atoms with van der Waals surface area (Å²) in [6, 6.07) is 19.2. The van der Waals surface area contributed by atoms with Crippen LogP contribution in [0.25, 0.3) is 0 Å². The maximum Gasteiger partial charge on any atom is 0.335 e. The predicted molar refractivity (Wildman–Crippen MR) is 147 cm³/mol. The zero-order valence-corrected chi connectivity index (χ0v) is 21.5. The van der Waals surface area contributed by atoms with Gasteiger partial charge in [-0.15, -0.1) is 0 Å². The van der Waals surface area contributed by atoms with Crippen molar-refractivity contribution >= 4 is 23.4 Å². The molecule has 39 heavy (non-hydrogen) atoms. The molecule has 2 N–H and O–H groups in total. The second-order valence-electron chi connectivity index (χ2n) is 8.89. The van der Waals surface area contributed by atoms with Crippen LogP contribution in [-0.4, -0.2) is 51.8 Å². The lowest BCUT2D eigenvalue weighted by molar-refractivity contribution is 0.0697. The number of para-hydroxylation sites is 2. The van der Waals surface area contributed by atoms with E-state index in [2.05, 4.69) is 20.2 Å². The van der Waals surface area contributed by atoms with Crippen LogP contribution in [0.5, 0.6) is 23.1 Å². The molecule has 0 bridgehead atoms. The Hall–Kier alpha value is -4.86. The van der Waals surface area contributed by atoms with E-state index in [1.54, 1.807) is 42.7 Å². The Labute approximate surface area is 226 Å². The number of nitrogens with zero attached hydrogens (tertiary/aromatic N) is 4. The third kappa shape index (κ3) is 6.72. The van der Waals surface area contributed by atoms with Gasteiger partial charge in [-0.1, -0.05) is 18.2 Å². The van der Waals surface area contributed by atoms with E-state index in [0.717, 1.165) is 36.7 Å². The number of aromatic carboxylic acids is 1. The number of benzene rings is 2. The Morgan fingerprint density at radius 1 is 1.00 bits per heavy atom. The fourth-order valence-electron chi connectivity index (χ4n) is 4.27. The van der Waals surface area contributed by atoms with Gasteiger partial charge in [-0.2, -0.15) is 4.98 Å². The molecule has 4 aromatic rings. The minimum Gasteiger partial charge on any atom is -0.490 e. The largest absolute Gasteiger partial charge is 0.490 e. The lowest BCUT2D eigenvalue weighted by atomic mass is 10.1. The Morgan fingerprint density at radius 3 is 2.62 bits per heavy atom. The van der Waals surface area contributed by atoms with Crippen molar-refractivity contribution in [3.63, 3.8) is 0 Å². The summed E-state index contributed by atoms with van der Waals surface area (Å²) in [6.45, 7) is 4.07. The number of hydrogen-bond acceptors (Lipinski definition) is 9. The van der Waals surface area contributed by atoms with Crippen LogP contribution >= 0.6 is 0 Å². The number of pyridine rings is 1. The first kappa shape index (κ1) is 25.8. The molecule has 0 radical (unpaired) electrons. The van der Waals surface area contributed by atoms with E-state index in [4.69, 9.17) is 24.3 Å². The second-order valence-corrected chi connectivity index (χ2v) is 8.89. The van der Waals surface area contributed by atoms with E-state index in [1.807, 2.05) is 31.2 Å². The molecule has 0 aliphatic carbocycles. The Bertz CT molecular complexity index is 1420. The highest BCUT2D eigenvalue weighted by molar-refractivity contribution is 5.87.